The highest BCUT2D eigenvalue weighted by atomic mass is 32.1. The van der Waals surface area contributed by atoms with E-state index >= 15 is 0 Å². The average molecular weight is 356 g/mol. The molecule has 1 aliphatic rings. The van der Waals surface area contributed by atoms with Gasteiger partial charge in [-0.25, -0.2) is 4.98 Å². The summed E-state index contributed by atoms with van der Waals surface area (Å²) in [6.07, 6.45) is 0. The number of hydrogen-bond donors (Lipinski definition) is 2. The smallest absolute Gasteiger partial charge is 0.255 e. The maximum absolute atomic E-state index is 10.8. The predicted octanol–water partition coefficient (Wildman–Crippen LogP) is 1.70. The Kier molecular flexibility index (Phi) is 5.23. The van der Waals surface area contributed by atoms with Crippen molar-refractivity contribution in [3.63, 3.8) is 0 Å². The Balaban J connectivity index is 1.59. The molecule has 0 unspecified atom stereocenters. The summed E-state index contributed by atoms with van der Waals surface area (Å²) in [5, 5.41) is 5.89. The van der Waals surface area contributed by atoms with Crippen molar-refractivity contribution in [1.29, 1.82) is 0 Å². The zero-order chi connectivity index (χ0) is 17.8. The first kappa shape index (κ1) is 17.3. The molecule has 1 aliphatic heterocycles. The third-order valence-corrected chi connectivity index (χ3v) is 4.59. The number of rotatable bonds is 3. The molecule has 0 radical (unpaired) electrons. The highest BCUT2D eigenvalue weighted by Crippen LogP contribution is 2.19. The van der Waals surface area contributed by atoms with E-state index in [1.807, 2.05) is 49.4 Å². The van der Waals surface area contributed by atoms with Crippen molar-refractivity contribution < 1.29 is 5.18 Å². The van der Waals surface area contributed by atoms with Gasteiger partial charge < -0.3 is 15.1 Å². The molecule has 2 heterocycles. The van der Waals surface area contributed by atoms with Crippen LogP contribution in [0.5, 0.6) is 0 Å². The SMILES string of the molecule is Cc1cc(C)nc(NC(=S)N2CCN(c3cccc([NH+]=O)c3)CC2)c1. The van der Waals surface area contributed by atoms with Crippen molar-refractivity contribution in [2.45, 2.75) is 13.8 Å². The molecule has 0 aliphatic carbocycles. The lowest BCUT2D eigenvalue weighted by Gasteiger charge is -2.37. The number of nitrogens with zero attached hydrogens (tertiary/aromatic N) is 3. The third kappa shape index (κ3) is 4.30. The standard InChI is InChI=1S/C18H21N5OS/c1-13-10-14(2)19-17(11-13)20-18(25)23-8-6-22(7-9-23)16-5-3-4-15(12-16)21-24/h3-5,10-12H,6-9H2,1-2H3,(H,19,20,25)/p+1. The molecule has 2 aromatic rings. The molecule has 1 saturated heterocycles. The number of piperazine rings is 1. The Bertz CT molecular complexity index is 767. The summed E-state index contributed by atoms with van der Waals surface area (Å²) in [5.74, 6) is 0.791. The fourth-order valence-corrected chi connectivity index (χ4v) is 3.31. The summed E-state index contributed by atoms with van der Waals surface area (Å²) in [7, 11) is 0. The first-order valence-corrected chi connectivity index (χ1v) is 8.70. The second-order valence-electron chi connectivity index (χ2n) is 6.23. The molecule has 2 N–H and O–H groups in total. The van der Waals surface area contributed by atoms with Gasteiger partial charge in [0.1, 0.15) is 5.82 Å². The number of thiocarbonyl (C=S) groups is 1. The van der Waals surface area contributed by atoms with Gasteiger partial charge in [0.15, 0.2) is 5.11 Å². The lowest BCUT2D eigenvalue weighted by Crippen LogP contribution is -2.55. The van der Waals surface area contributed by atoms with Crippen molar-refractivity contribution in [3.8, 4) is 0 Å². The minimum absolute atomic E-state index is 0.581. The minimum atomic E-state index is 0.581. The summed E-state index contributed by atoms with van der Waals surface area (Å²) in [4.78, 5) is 19.7. The minimum Gasteiger partial charge on any atom is -0.368 e. The summed E-state index contributed by atoms with van der Waals surface area (Å²) in [6, 6.07) is 11.6. The normalized spacial score (nSPS) is 14.3. The van der Waals surface area contributed by atoms with Crippen molar-refractivity contribution in [1.82, 2.24) is 9.88 Å². The molecule has 3 rings (SSSR count). The zero-order valence-electron chi connectivity index (χ0n) is 14.5. The first-order chi connectivity index (χ1) is 12.0. The zero-order valence-corrected chi connectivity index (χ0v) is 15.3. The second-order valence-corrected chi connectivity index (χ2v) is 6.61. The summed E-state index contributed by atoms with van der Waals surface area (Å²) in [5.41, 5.74) is 3.77. The van der Waals surface area contributed by atoms with Gasteiger partial charge in [0.05, 0.1) is 0 Å². The van der Waals surface area contributed by atoms with E-state index in [2.05, 4.69) is 20.1 Å². The van der Waals surface area contributed by atoms with Crippen LogP contribution in [0.25, 0.3) is 0 Å². The van der Waals surface area contributed by atoms with Crippen LogP contribution in [0, 0.1) is 18.8 Å². The number of nitrogens with one attached hydrogen (secondary N) is 2. The van der Waals surface area contributed by atoms with Crippen LogP contribution < -0.4 is 15.4 Å². The Morgan fingerprint density at radius 2 is 1.92 bits per heavy atom. The van der Waals surface area contributed by atoms with Crippen LogP contribution in [0.3, 0.4) is 0 Å². The molecule has 0 bridgehead atoms. The van der Waals surface area contributed by atoms with E-state index < -0.39 is 0 Å². The van der Waals surface area contributed by atoms with Crippen LogP contribution in [-0.4, -0.2) is 41.2 Å². The van der Waals surface area contributed by atoms with Gasteiger partial charge in [0.2, 0.25) is 0 Å². The number of aryl methyl sites for hydroxylation is 2. The number of benzene rings is 1. The molecule has 1 aromatic carbocycles. The van der Waals surface area contributed by atoms with Crippen LogP contribution in [0.1, 0.15) is 11.3 Å². The van der Waals surface area contributed by atoms with Crippen LogP contribution in [0.15, 0.2) is 36.4 Å². The largest absolute Gasteiger partial charge is 0.368 e. The maximum atomic E-state index is 10.8. The first-order valence-electron chi connectivity index (χ1n) is 8.29. The van der Waals surface area contributed by atoms with Crippen LogP contribution in [0.4, 0.5) is 17.2 Å². The number of anilines is 2. The molecule has 7 heteroatoms. The summed E-state index contributed by atoms with van der Waals surface area (Å²) in [6.45, 7) is 7.38. The van der Waals surface area contributed by atoms with E-state index in [-0.39, 0.29) is 0 Å². The molecule has 25 heavy (non-hydrogen) atoms. The van der Waals surface area contributed by atoms with E-state index in [0.717, 1.165) is 48.9 Å². The molecule has 1 aromatic heterocycles. The number of aromatic nitrogens is 1. The van der Waals surface area contributed by atoms with Gasteiger partial charge in [-0.3, -0.25) is 0 Å². The van der Waals surface area contributed by atoms with Crippen LogP contribution in [-0.2, 0) is 0 Å². The van der Waals surface area contributed by atoms with Gasteiger partial charge in [-0.1, -0.05) is 6.07 Å². The van der Waals surface area contributed by atoms with Crippen LogP contribution >= 0.6 is 12.2 Å². The van der Waals surface area contributed by atoms with Gasteiger partial charge in [-0.05, 0) is 49.8 Å². The van der Waals surface area contributed by atoms with Crippen molar-refractivity contribution in [2.24, 2.45) is 0 Å². The van der Waals surface area contributed by atoms with Gasteiger partial charge >= 0.3 is 0 Å². The number of pyridine rings is 1. The average Bonchev–Trinajstić information content (AvgIpc) is 2.61. The number of hydrogen-bond acceptors (Lipinski definition) is 4. The molecule has 130 valence electrons. The molecular weight excluding hydrogens is 334 g/mol. The molecule has 0 saturated carbocycles. The highest BCUT2D eigenvalue weighted by Gasteiger charge is 2.20. The molecule has 6 nitrogen and oxygen atoms in total. The molecule has 0 amide bonds. The number of nitroso groups, excluding NO2 is 1. The second kappa shape index (κ2) is 7.57. The molecule has 0 spiro atoms. The van der Waals surface area contributed by atoms with Crippen LogP contribution in [0.2, 0.25) is 0 Å². The van der Waals surface area contributed by atoms with E-state index in [4.69, 9.17) is 12.2 Å². The van der Waals surface area contributed by atoms with Crippen molar-refractivity contribution >= 4 is 34.5 Å². The Hall–Kier alpha value is -2.54. The molecule has 0 atom stereocenters. The highest BCUT2D eigenvalue weighted by molar-refractivity contribution is 7.80. The van der Waals surface area contributed by atoms with E-state index in [1.54, 1.807) is 6.07 Å². The van der Waals surface area contributed by atoms with Crippen molar-refractivity contribution in [3.05, 3.63) is 52.6 Å². The molecule has 1 fully saturated rings. The Morgan fingerprint density at radius 1 is 1.16 bits per heavy atom. The Labute approximate surface area is 152 Å². The lowest BCUT2D eigenvalue weighted by molar-refractivity contribution is -0.379. The van der Waals surface area contributed by atoms with Gasteiger partial charge in [0, 0.05) is 59.8 Å². The van der Waals surface area contributed by atoms with Gasteiger partial charge in [-0.15, -0.1) is 0 Å². The summed E-state index contributed by atoms with van der Waals surface area (Å²) >= 11 is 5.54. The lowest BCUT2D eigenvalue weighted by atomic mass is 10.2. The van der Waals surface area contributed by atoms with E-state index in [9.17, 15) is 4.91 Å². The fourth-order valence-electron chi connectivity index (χ4n) is 3.03. The van der Waals surface area contributed by atoms with Crippen molar-refractivity contribution in [2.75, 3.05) is 36.4 Å². The topological polar surface area (TPSA) is 62.4 Å². The van der Waals surface area contributed by atoms with Gasteiger partial charge in [0.25, 0.3) is 5.69 Å². The third-order valence-electron chi connectivity index (χ3n) is 4.23. The van der Waals surface area contributed by atoms with E-state index in [0.29, 0.717) is 10.8 Å². The Morgan fingerprint density at radius 3 is 2.60 bits per heavy atom. The summed E-state index contributed by atoms with van der Waals surface area (Å²) < 4.78 is 0. The predicted molar refractivity (Wildman–Crippen MR) is 104 cm³/mol. The monoisotopic (exact) mass is 356 g/mol. The maximum Gasteiger partial charge on any atom is 0.255 e. The van der Waals surface area contributed by atoms with E-state index in [1.165, 1.54) is 0 Å². The quantitative estimate of drug-likeness (QED) is 0.816. The van der Waals surface area contributed by atoms with Gasteiger partial charge in [-0.2, -0.15) is 0 Å². The fraction of sp³-hybridized carbons (Fsp3) is 0.333. The molecular formula is C18H22N5OS+.